The van der Waals surface area contributed by atoms with E-state index >= 15 is 0 Å². The first kappa shape index (κ1) is 14.8. The molecule has 0 aliphatic heterocycles. The van der Waals surface area contributed by atoms with Crippen LogP contribution in [0, 0.1) is 15.9 Å². The SMILES string of the molecule is CC(C)(C)OC(=O)/C(=C/[N+](=O)[O-])c1ccc(F)cc1. The third-order valence-electron chi connectivity index (χ3n) is 2.01. The monoisotopic (exact) mass is 267 g/mol. The molecule has 0 bridgehead atoms. The molecule has 0 atom stereocenters. The van der Waals surface area contributed by atoms with Crippen molar-refractivity contribution >= 4 is 11.5 Å². The molecule has 0 heterocycles. The van der Waals surface area contributed by atoms with Crippen molar-refractivity contribution in [1.82, 2.24) is 0 Å². The summed E-state index contributed by atoms with van der Waals surface area (Å²) in [5.41, 5.74) is -0.764. The van der Waals surface area contributed by atoms with Gasteiger partial charge in [-0.05, 0) is 38.5 Å². The van der Waals surface area contributed by atoms with Gasteiger partial charge in [-0.25, -0.2) is 9.18 Å². The number of nitro groups is 1. The standard InChI is InChI=1S/C13H14FNO4/c1-13(2,3)19-12(16)11(8-15(17)18)9-4-6-10(14)7-5-9/h4-8H,1-3H3/b11-8+. The fourth-order valence-corrected chi connectivity index (χ4v) is 1.31. The van der Waals surface area contributed by atoms with Gasteiger partial charge in [-0.1, -0.05) is 12.1 Å². The van der Waals surface area contributed by atoms with Crippen LogP contribution in [0.2, 0.25) is 0 Å². The summed E-state index contributed by atoms with van der Waals surface area (Å²) in [5.74, 6) is -1.32. The topological polar surface area (TPSA) is 69.4 Å². The van der Waals surface area contributed by atoms with Crippen molar-refractivity contribution in [3.63, 3.8) is 0 Å². The van der Waals surface area contributed by atoms with E-state index in [1.165, 1.54) is 12.1 Å². The Morgan fingerprint density at radius 1 is 1.32 bits per heavy atom. The number of ether oxygens (including phenoxy) is 1. The van der Waals surface area contributed by atoms with Crippen LogP contribution in [-0.4, -0.2) is 16.5 Å². The van der Waals surface area contributed by atoms with Crippen molar-refractivity contribution in [3.05, 3.63) is 52.0 Å². The zero-order valence-electron chi connectivity index (χ0n) is 10.8. The zero-order valence-corrected chi connectivity index (χ0v) is 10.8. The average molecular weight is 267 g/mol. The van der Waals surface area contributed by atoms with Crippen LogP contribution in [-0.2, 0) is 9.53 Å². The fourth-order valence-electron chi connectivity index (χ4n) is 1.31. The summed E-state index contributed by atoms with van der Waals surface area (Å²) in [5, 5.41) is 10.6. The zero-order chi connectivity index (χ0) is 14.6. The predicted molar refractivity (Wildman–Crippen MR) is 67.2 cm³/mol. The Balaban J connectivity index is 3.13. The molecule has 1 aromatic carbocycles. The van der Waals surface area contributed by atoms with Crippen LogP contribution in [0.15, 0.2) is 30.5 Å². The second kappa shape index (κ2) is 5.60. The molecule has 0 N–H and O–H groups in total. The minimum absolute atomic E-state index is 0.222. The van der Waals surface area contributed by atoms with Gasteiger partial charge < -0.3 is 4.74 Å². The van der Waals surface area contributed by atoms with Gasteiger partial charge in [0.1, 0.15) is 17.0 Å². The van der Waals surface area contributed by atoms with Crippen molar-refractivity contribution in [2.75, 3.05) is 0 Å². The van der Waals surface area contributed by atoms with Gasteiger partial charge in [0, 0.05) is 0 Å². The molecule has 0 unspecified atom stereocenters. The van der Waals surface area contributed by atoms with Crippen molar-refractivity contribution in [1.29, 1.82) is 0 Å². The molecule has 0 fully saturated rings. The van der Waals surface area contributed by atoms with Crippen LogP contribution in [0.3, 0.4) is 0 Å². The van der Waals surface area contributed by atoms with Gasteiger partial charge in [-0.2, -0.15) is 0 Å². The number of halogens is 1. The Morgan fingerprint density at radius 3 is 2.26 bits per heavy atom. The van der Waals surface area contributed by atoms with E-state index in [0.29, 0.717) is 6.20 Å². The molecule has 102 valence electrons. The maximum Gasteiger partial charge on any atom is 0.345 e. The molecule has 0 saturated heterocycles. The first-order chi connectivity index (χ1) is 8.69. The van der Waals surface area contributed by atoms with E-state index < -0.39 is 22.3 Å². The minimum atomic E-state index is -0.823. The molecule has 0 aliphatic rings. The molecule has 0 aromatic heterocycles. The number of carbonyl (C=O) groups is 1. The molecule has 6 heteroatoms. The lowest BCUT2D eigenvalue weighted by atomic mass is 10.1. The van der Waals surface area contributed by atoms with Crippen LogP contribution >= 0.6 is 0 Å². The van der Waals surface area contributed by atoms with Crippen molar-refractivity contribution in [2.45, 2.75) is 26.4 Å². The van der Waals surface area contributed by atoms with Gasteiger partial charge in [0.25, 0.3) is 0 Å². The van der Waals surface area contributed by atoms with E-state index in [4.69, 9.17) is 4.74 Å². The molecule has 1 rings (SSSR count). The van der Waals surface area contributed by atoms with Gasteiger partial charge >= 0.3 is 5.97 Å². The van der Waals surface area contributed by atoms with Gasteiger partial charge in [-0.3, -0.25) is 10.1 Å². The normalized spacial score (nSPS) is 12.1. The Bertz CT molecular complexity index is 514. The summed E-state index contributed by atoms with van der Waals surface area (Å²) >= 11 is 0. The number of hydrogen-bond acceptors (Lipinski definition) is 4. The van der Waals surface area contributed by atoms with Gasteiger partial charge in [-0.15, -0.1) is 0 Å². The number of benzene rings is 1. The molecule has 1 aromatic rings. The Labute approximate surface area is 109 Å². The summed E-state index contributed by atoms with van der Waals surface area (Å²) in [4.78, 5) is 21.7. The summed E-state index contributed by atoms with van der Waals surface area (Å²) in [6, 6.07) is 4.81. The van der Waals surface area contributed by atoms with Gasteiger partial charge in [0.15, 0.2) is 0 Å². The van der Waals surface area contributed by atoms with Gasteiger partial charge in [0.2, 0.25) is 6.20 Å². The van der Waals surface area contributed by atoms with Crippen molar-refractivity contribution < 1.29 is 18.8 Å². The number of rotatable bonds is 3. The molecular weight excluding hydrogens is 253 g/mol. The molecular formula is C13H14FNO4. The maximum atomic E-state index is 12.8. The Kier molecular flexibility index (Phi) is 4.37. The third kappa shape index (κ3) is 4.87. The molecule has 19 heavy (non-hydrogen) atoms. The molecule has 0 radical (unpaired) electrons. The van der Waals surface area contributed by atoms with E-state index in [2.05, 4.69) is 0 Å². The molecule has 0 saturated carbocycles. The van der Waals surface area contributed by atoms with E-state index in [9.17, 15) is 19.3 Å². The first-order valence-electron chi connectivity index (χ1n) is 5.53. The summed E-state index contributed by atoms with van der Waals surface area (Å²) in [7, 11) is 0. The average Bonchev–Trinajstić information content (AvgIpc) is 2.24. The Morgan fingerprint density at radius 2 is 1.84 bits per heavy atom. The number of carbonyl (C=O) groups excluding carboxylic acids is 1. The first-order valence-corrected chi connectivity index (χ1v) is 5.53. The maximum absolute atomic E-state index is 12.8. The lowest BCUT2D eigenvalue weighted by Crippen LogP contribution is -2.24. The minimum Gasteiger partial charge on any atom is -0.456 e. The second-order valence-corrected chi connectivity index (χ2v) is 4.84. The van der Waals surface area contributed by atoms with Crippen LogP contribution in [0.25, 0.3) is 5.57 Å². The molecule has 0 amide bonds. The summed E-state index contributed by atoms with van der Waals surface area (Å²) < 4.78 is 17.9. The van der Waals surface area contributed by atoms with E-state index in [1.54, 1.807) is 20.8 Å². The van der Waals surface area contributed by atoms with Crippen molar-refractivity contribution in [2.24, 2.45) is 0 Å². The highest BCUT2D eigenvalue weighted by Gasteiger charge is 2.23. The number of nitrogens with zero attached hydrogens (tertiary/aromatic N) is 1. The lowest BCUT2D eigenvalue weighted by Gasteiger charge is -2.19. The summed E-state index contributed by atoms with van der Waals surface area (Å²) in [6.07, 6.45) is 0.557. The second-order valence-electron chi connectivity index (χ2n) is 4.84. The quantitative estimate of drug-likeness (QED) is 0.365. The largest absolute Gasteiger partial charge is 0.456 e. The van der Waals surface area contributed by atoms with Crippen LogP contribution in [0.4, 0.5) is 4.39 Å². The number of hydrogen-bond donors (Lipinski definition) is 0. The summed E-state index contributed by atoms with van der Waals surface area (Å²) in [6.45, 7) is 4.96. The third-order valence-corrected chi connectivity index (χ3v) is 2.01. The van der Waals surface area contributed by atoms with Gasteiger partial charge in [0.05, 0.1) is 4.92 Å². The van der Waals surface area contributed by atoms with Crippen molar-refractivity contribution in [3.8, 4) is 0 Å². The lowest BCUT2D eigenvalue weighted by molar-refractivity contribution is -0.401. The highest BCUT2D eigenvalue weighted by Crippen LogP contribution is 2.20. The molecule has 0 aliphatic carbocycles. The Hall–Kier alpha value is -2.24. The number of esters is 1. The highest BCUT2D eigenvalue weighted by molar-refractivity contribution is 6.16. The van der Waals surface area contributed by atoms with Crippen LogP contribution in [0.1, 0.15) is 26.3 Å². The van der Waals surface area contributed by atoms with E-state index in [-0.39, 0.29) is 11.1 Å². The molecule has 0 spiro atoms. The molecule has 5 nitrogen and oxygen atoms in total. The van der Waals surface area contributed by atoms with E-state index in [0.717, 1.165) is 12.1 Å². The fraction of sp³-hybridized carbons (Fsp3) is 0.308. The van der Waals surface area contributed by atoms with Crippen LogP contribution in [0.5, 0.6) is 0 Å². The van der Waals surface area contributed by atoms with Crippen LogP contribution < -0.4 is 0 Å². The van der Waals surface area contributed by atoms with E-state index in [1.807, 2.05) is 0 Å². The predicted octanol–water partition coefficient (Wildman–Crippen LogP) is 2.79. The smallest absolute Gasteiger partial charge is 0.345 e. The highest BCUT2D eigenvalue weighted by atomic mass is 19.1.